The number of aliphatic hydroxyl groups is 1. The number of rotatable bonds is 5. The second kappa shape index (κ2) is 4.66. The second-order valence-electron chi connectivity index (χ2n) is 2.81. The van der Waals surface area contributed by atoms with Crippen molar-refractivity contribution in [3.63, 3.8) is 0 Å². The van der Waals surface area contributed by atoms with E-state index in [1.165, 1.54) is 0 Å². The van der Waals surface area contributed by atoms with Gasteiger partial charge in [-0.15, -0.1) is 0 Å². The SMILES string of the molecule is CCCCC(N)(N)CCO. The van der Waals surface area contributed by atoms with Gasteiger partial charge >= 0.3 is 0 Å². The highest BCUT2D eigenvalue weighted by Crippen LogP contribution is 2.08. The van der Waals surface area contributed by atoms with E-state index < -0.39 is 5.66 Å². The fourth-order valence-corrected chi connectivity index (χ4v) is 0.839. The van der Waals surface area contributed by atoms with Crippen LogP contribution in [-0.4, -0.2) is 17.4 Å². The van der Waals surface area contributed by atoms with E-state index in [9.17, 15) is 0 Å². The van der Waals surface area contributed by atoms with Gasteiger partial charge in [-0.05, 0) is 6.42 Å². The van der Waals surface area contributed by atoms with Crippen LogP contribution >= 0.6 is 0 Å². The lowest BCUT2D eigenvalue weighted by Crippen LogP contribution is -2.49. The van der Waals surface area contributed by atoms with Crippen LogP contribution in [0.1, 0.15) is 32.6 Å². The van der Waals surface area contributed by atoms with E-state index in [0.717, 1.165) is 19.3 Å². The van der Waals surface area contributed by atoms with Crippen LogP contribution < -0.4 is 11.5 Å². The van der Waals surface area contributed by atoms with E-state index >= 15 is 0 Å². The molecule has 3 heteroatoms. The monoisotopic (exact) mass is 146 g/mol. The van der Waals surface area contributed by atoms with Crippen molar-refractivity contribution in [3.8, 4) is 0 Å². The number of hydrogen-bond donors (Lipinski definition) is 3. The van der Waals surface area contributed by atoms with E-state index in [0.29, 0.717) is 6.42 Å². The molecule has 0 spiro atoms. The maximum Gasteiger partial charge on any atom is 0.0658 e. The lowest BCUT2D eigenvalue weighted by molar-refractivity contribution is 0.231. The van der Waals surface area contributed by atoms with Crippen molar-refractivity contribution >= 4 is 0 Å². The smallest absolute Gasteiger partial charge is 0.0658 e. The normalized spacial score (nSPS) is 12.0. The highest BCUT2D eigenvalue weighted by atomic mass is 16.3. The lowest BCUT2D eigenvalue weighted by Gasteiger charge is -2.22. The van der Waals surface area contributed by atoms with Crippen molar-refractivity contribution < 1.29 is 5.11 Å². The van der Waals surface area contributed by atoms with Crippen LogP contribution in [0.5, 0.6) is 0 Å². The Morgan fingerprint density at radius 3 is 2.30 bits per heavy atom. The predicted molar refractivity (Wildman–Crippen MR) is 42.3 cm³/mol. The minimum Gasteiger partial charge on any atom is -0.396 e. The summed E-state index contributed by atoms with van der Waals surface area (Å²) in [6.07, 6.45) is 3.42. The van der Waals surface area contributed by atoms with Crippen molar-refractivity contribution in [2.24, 2.45) is 11.5 Å². The molecule has 0 aliphatic heterocycles. The Balaban J connectivity index is 3.42. The van der Waals surface area contributed by atoms with Gasteiger partial charge in [0.15, 0.2) is 0 Å². The van der Waals surface area contributed by atoms with Gasteiger partial charge in [0.2, 0.25) is 0 Å². The molecule has 0 aromatic carbocycles. The molecule has 0 aromatic rings. The topological polar surface area (TPSA) is 72.3 Å². The Hall–Kier alpha value is -0.120. The third-order valence-corrected chi connectivity index (χ3v) is 1.57. The first-order chi connectivity index (χ1) is 4.62. The molecule has 0 saturated heterocycles. The zero-order valence-electron chi connectivity index (χ0n) is 6.64. The van der Waals surface area contributed by atoms with Gasteiger partial charge in [0, 0.05) is 13.0 Å². The van der Waals surface area contributed by atoms with Crippen LogP contribution in [0.15, 0.2) is 0 Å². The molecular weight excluding hydrogens is 128 g/mol. The largest absolute Gasteiger partial charge is 0.396 e. The van der Waals surface area contributed by atoms with Crippen molar-refractivity contribution in [2.45, 2.75) is 38.3 Å². The molecular formula is C7H18N2O. The lowest BCUT2D eigenvalue weighted by atomic mass is 10.0. The van der Waals surface area contributed by atoms with Crippen LogP contribution in [0.25, 0.3) is 0 Å². The zero-order chi connectivity index (χ0) is 8.04. The fraction of sp³-hybridized carbons (Fsp3) is 1.00. The molecule has 0 unspecified atom stereocenters. The summed E-state index contributed by atoms with van der Waals surface area (Å²) in [4.78, 5) is 0. The van der Waals surface area contributed by atoms with Gasteiger partial charge < -0.3 is 16.6 Å². The van der Waals surface area contributed by atoms with E-state index in [1.807, 2.05) is 0 Å². The van der Waals surface area contributed by atoms with Gasteiger partial charge in [-0.1, -0.05) is 19.8 Å². The molecule has 0 aliphatic rings. The Bertz CT molecular complexity index is 83.7. The minimum absolute atomic E-state index is 0.0801. The van der Waals surface area contributed by atoms with E-state index in [-0.39, 0.29) is 6.61 Å². The molecule has 0 atom stereocenters. The molecule has 0 rings (SSSR count). The summed E-state index contributed by atoms with van der Waals surface area (Å²) in [5.41, 5.74) is 10.6. The zero-order valence-corrected chi connectivity index (χ0v) is 6.64. The molecule has 0 aliphatic carbocycles. The standard InChI is InChI=1S/C7H18N2O/c1-2-3-4-7(8,9)5-6-10/h10H,2-6,8-9H2,1H3. The number of aliphatic hydroxyl groups excluding tert-OH is 1. The third-order valence-electron chi connectivity index (χ3n) is 1.57. The Labute approximate surface area is 62.4 Å². The first-order valence-electron chi connectivity index (χ1n) is 3.81. The second-order valence-corrected chi connectivity index (χ2v) is 2.81. The van der Waals surface area contributed by atoms with Crippen LogP contribution in [0.3, 0.4) is 0 Å². The summed E-state index contributed by atoms with van der Waals surface area (Å²) in [5.74, 6) is 0. The molecule has 0 radical (unpaired) electrons. The third kappa shape index (κ3) is 4.73. The summed E-state index contributed by atoms with van der Waals surface area (Å²) >= 11 is 0. The average Bonchev–Trinajstić information content (AvgIpc) is 1.84. The molecule has 0 fully saturated rings. The van der Waals surface area contributed by atoms with Crippen molar-refractivity contribution in [1.82, 2.24) is 0 Å². The highest BCUT2D eigenvalue weighted by Gasteiger charge is 2.16. The van der Waals surface area contributed by atoms with E-state index in [4.69, 9.17) is 16.6 Å². The minimum atomic E-state index is -0.648. The van der Waals surface area contributed by atoms with Crippen LogP contribution in [-0.2, 0) is 0 Å². The van der Waals surface area contributed by atoms with Gasteiger partial charge in [0.1, 0.15) is 0 Å². The first-order valence-corrected chi connectivity index (χ1v) is 3.81. The number of hydrogen-bond acceptors (Lipinski definition) is 3. The summed E-state index contributed by atoms with van der Waals surface area (Å²) < 4.78 is 0. The fourth-order valence-electron chi connectivity index (χ4n) is 0.839. The van der Waals surface area contributed by atoms with Crippen LogP contribution in [0, 0.1) is 0 Å². The maximum absolute atomic E-state index is 8.54. The Kier molecular flexibility index (Phi) is 4.60. The van der Waals surface area contributed by atoms with Gasteiger partial charge in [-0.25, -0.2) is 0 Å². The van der Waals surface area contributed by atoms with Gasteiger partial charge in [0.05, 0.1) is 5.66 Å². The van der Waals surface area contributed by atoms with Gasteiger partial charge in [-0.3, -0.25) is 0 Å². The summed E-state index contributed by atoms with van der Waals surface area (Å²) in [7, 11) is 0. The summed E-state index contributed by atoms with van der Waals surface area (Å²) in [6, 6.07) is 0. The molecule has 10 heavy (non-hydrogen) atoms. The van der Waals surface area contributed by atoms with Gasteiger partial charge in [-0.2, -0.15) is 0 Å². The molecule has 0 bridgehead atoms. The molecule has 0 heterocycles. The maximum atomic E-state index is 8.54. The van der Waals surface area contributed by atoms with Crippen LogP contribution in [0.4, 0.5) is 0 Å². The van der Waals surface area contributed by atoms with E-state index in [1.54, 1.807) is 0 Å². The number of nitrogens with two attached hydrogens (primary N) is 2. The Morgan fingerprint density at radius 2 is 1.90 bits per heavy atom. The van der Waals surface area contributed by atoms with Crippen LogP contribution in [0.2, 0.25) is 0 Å². The molecule has 0 amide bonds. The molecule has 5 N–H and O–H groups in total. The molecule has 0 saturated carbocycles. The van der Waals surface area contributed by atoms with Gasteiger partial charge in [0.25, 0.3) is 0 Å². The average molecular weight is 146 g/mol. The summed E-state index contributed by atoms with van der Waals surface area (Å²) in [6.45, 7) is 2.17. The number of unbranched alkanes of at least 4 members (excludes halogenated alkanes) is 1. The Morgan fingerprint density at radius 1 is 1.30 bits per heavy atom. The molecule has 3 nitrogen and oxygen atoms in total. The highest BCUT2D eigenvalue weighted by molar-refractivity contribution is 4.75. The first kappa shape index (κ1) is 9.88. The molecule has 62 valence electrons. The van der Waals surface area contributed by atoms with E-state index in [2.05, 4.69) is 6.92 Å². The van der Waals surface area contributed by atoms with Crippen molar-refractivity contribution in [3.05, 3.63) is 0 Å². The quantitative estimate of drug-likeness (QED) is 0.484. The predicted octanol–water partition coefficient (Wildman–Crippen LogP) is 0.173. The summed E-state index contributed by atoms with van der Waals surface area (Å²) in [5, 5.41) is 8.54. The van der Waals surface area contributed by atoms with Crippen molar-refractivity contribution in [1.29, 1.82) is 0 Å². The van der Waals surface area contributed by atoms with Crippen molar-refractivity contribution in [2.75, 3.05) is 6.61 Å². The molecule has 0 aromatic heterocycles.